The van der Waals surface area contributed by atoms with Crippen LogP contribution in [-0.4, -0.2) is 45.3 Å². The molecule has 0 N–H and O–H groups in total. The molecule has 0 saturated carbocycles. The average molecular weight is 451 g/mol. The molecule has 2 heterocycles. The molecule has 172 valence electrons. The van der Waals surface area contributed by atoms with Crippen molar-refractivity contribution in [3.05, 3.63) is 88.3 Å². The lowest BCUT2D eigenvalue weighted by Crippen LogP contribution is -2.43. The summed E-state index contributed by atoms with van der Waals surface area (Å²) in [5.74, 6) is -1.73. The number of esters is 1. The zero-order valence-electron chi connectivity index (χ0n) is 19.3. The maximum Gasteiger partial charge on any atom is 0.354 e. The first-order valence-corrected chi connectivity index (χ1v) is 10.4. The molecule has 0 aliphatic rings. The summed E-state index contributed by atoms with van der Waals surface area (Å²) < 4.78 is 19.9. The zero-order valence-corrected chi connectivity index (χ0v) is 19.3. The van der Waals surface area contributed by atoms with E-state index in [1.54, 1.807) is 50.8 Å². The van der Waals surface area contributed by atoms with E-state index in [4.69, 9.17) is 4.74 Å². The van der Waals surface area contributed by atoms with E-state index in [-0.39, 0.29) is 23.6 Å². The SMILES string of the molecule is COC(=O)c1c(C)c(C(=O)C(C)N(Cc2cccnc2)C(=O)c2ccc(F)cc2)c(C)n1C. The van der Waals surface area contributed by atoms with E-state index in [0.29, 0.717) is 16.8 Å². The molecule has 0 saturated heterocycles. The van der Waals surface area contributed by atoms with Gasteiger partial charge in [0.05, 0.1) is 13.2 Å². The quantitative estimate of drug-likeness (QED) is 0.402. The number of pyridine rings is 1. The molecule has 8 heteroatoms. The van der Waals surface area contributed by atoms with Crippen LogP contribution < -0.4 is 0 Å². The number of hydrogen-bond donors (Lipinski definition) is 0. The Hall–Kier alpha value is -3.81. The monoisotopic (exact) mass is 451 g/mol. The van der Waals surface area contributed by atoms with Crippen molar-refractivity contribution < 1.29 is 23.5 Å². The van der Waals surface area contributed by atoms with Gasteiger partial charge in [0.25, 0.3) is 5.91 Å². The fourth-order valence-electron chi connectivity index (χ4n) is 3.91. The Morgan fingerprint density at radius 1 is 1.15 bits per heavy atom. The van der Waals surface area contributed by atoms with Crippen molar-refractivity contribution in [2.75, 3.05) is 7.11 Å². The van der Waals surface area contributed by atoms with E-state index in [0.717, 1.165) is 5.56 Å². The number of halogens is 1. The first kappa shape index (κ1) is 23.8. The fraction of sp³-hybridized carbons (Fsp3) is 0.280. The van der Waals surface area contributed by atoms with Gasteiger partial charge < -0.3 is 14.2 Å². The van der Waals surface area contributed by atoms with Crippen LogP contribution in [-0.2, 0) is 18.3 Å². The summed E-state index contributed by atoms with van der Waals surface area (Å²) in [7, 11) is 2.97. The van der Waals surface area contributed by atoms with Crippen LogP contribution in [0.5, 0.6) is 0 Å². The van der Waals surface area contributed by atoms with Gasteiger partial charge in [-0.2, -0.15) is 0 Å². The number of hydrogen-bond acceptors (Lipinski definition) is 5. The van der Waals surface area contributed by atoms with E-state index in [2.05, 4.69) is 4.98 Å². The second kappa shape index (κ2) is 9.77. The summed E-state index contributed by atoms with van der Waals surface area (Å²) >= 11 is 0. The average Bonchev–Trinajstić information content (AvgIpc) is 3.04. The third kappa shape index (κ3) is 4.69. The molecule has 3 rings (SSSR count). The molecule has 1 unspecified atom stereocenters. The second-order valence-corrected chi connectivity index (χ2v) is 7.83. The van der Waals surface area contributed by atoms with Crippen molar-refractivity contribution in [1.29, 1.82) is 0 Å². The number of nitrogens with zero attached hydrogens (tertiary/aromatic N) is 3. The van der Waals surface area contributed by atoms with Gasteiger partial charge in [-0.3, -0.25) is 14.6 Å². The second-order valence-electron chi connectivity index (χ2n) is 7.83. The molecule has 1 atom stereocenters. The summed E-state index contributed by atoms with van der Waals surface area (Å²) in [6.07, 6.45) is 3.24. The highest BCUT2D eigenvalue weighted by Gasteiger charge is 2.33. The predicted octanol–water partition coefficient (Wildman–Crippen LogP) is 3.88. The van der Waals surface area contributed by atoms with E-state index >= 15 is 0 Å². The summed E-state index contributed by atoms with van der Waals surface area (Å²) in [6.45, 7) is 5.20. The highest BCUT2D eigenvalue weighted by molar-refractivity contribution is 6.07. The molecule has 0 aliphatic heterocycles. The van der Waals surface area contributed by atoms with Crippen LogP contribution in [0.4, 0.5) is 4.39 Å². The van der Waals surface area contributed by atoms with Crippen LogP contribution in [0.2, 0.25) is 0 Å². The summed E-state index contributed by atoms with van der Waals surface area (Å²) in [6, 6.07) is 7.87. The highest BCUT2D eigenvalue weighted by Crippen LogP contribution is 2.26. The maximum absolute atomic E-state index is 13.6. The van der Waals surface area contributed by atoms with Crippen molar-refractivity contribution in [2.45, 2.75) is 33.4 Å². The largest absolute Gasteiger partial charge is 0.464 e. The topological polar surface area (TPSA) is 81.5 Å². The molecule has 2 aromatic heterocycles. The van der Waals surface area contributed by atoms with Gasteiger partial charge in [-0.25, -0.2) is 9.18 Å². The molecule has 0 spiro atoms. The van der Waals surface area contributed by atoms with Crippen molar-refractivity contribution in [2.24, 2.45) is 7.05 Å². The van der Waals surface area contributed by atoms with Gasteiger partial charge in [-0.15, -0.1) is 0 Å². The minimum Gasteiger partial charge on any atom is -0.464 e. The Kier molecular flexibility index (Phi) is 7.06. The third-order valence-corrected chi connectivity index (χ3v) is 5.83. The summed E-state index contributed by atoms with van der Waals surface area (Å²) in [5, 5.41) is 0. The lowest BCUT2D eigenvalue weighted by molar-refractivity contribution is 0.0587. The van der Waals surface area contributed by atoms with Crippen LogP contribution >= 0.6 is 0 Å². The Balaban J connectivity index is 2.03. The number of rotatable bonds is 7. The van der Waals surface area contributed by atoms with E-state index < -0.39 is 23.7 Å². The van der Waals surface area contributed by atoms with E-state index in [9.17, 15) is 18.8 Å². The lowest BCUT2D eigenvalue weighted by atomic mass is 9.99. The van der Waals surface area contributed by atoms with Crippen molar-refractivity contribution in [3.8, 4) is 0 Å². The van der Waals surface area contributed by atoms with Crippen molar-refractivity contribution in [1.82, 2.24) is 14.5 Å². The van der Waals surface area contributed by atoms with Crippen LogP contribution in [0.15, 0.2) is 48.8 Å². The third-order valence-electron chi connectivity index (χ3n) is 5.83. The van der Waals surface area contributed by atoms with Gasteiger partial charge in [-0.05, 0) is 62.2 Å². The van der Waals surface area contributed by atoms with Gasteiger partial charge in [-0.1, -0.05) is 6.07 Å². The van der Waals surface area contributed by atoms with Gasteiger partial charge >= 0.3 is 5.97 Å². The lowest BCUT2D eigenvalue weighted by Gasteiger charge is -2.29. The number of methoxy groups -OCH3 is 1. The standard InChI is InChI=1S/C25H26FN3O4/c1-15-21(16(2)28(4)22(15)25(32)33-5)23(30)17(3)29(14-18-7-6-12-27-13-18)24(31)19-8-10-20(26)11-9-19/h6-13,17H,14H2,1-5H3. The number of ketones is 1. The number of benzene rings is 1. The first-order chi connectivity index (χ1) is 15.7. The van der Waals surface area contributed by atoms with Gasteiger partial charge in [0.2, 0.25) is 0 Å². The first-order valence-electron chi connectivity index (χ1n) is 10.4. The number of amides is 1. The highest BCUT2D eigenvalue weighted by atomic mass is 19.1. The number of carbonyl (C=O) groups is 3. The molecule has 3 aromatic rings. The molecular formula is C25H26FN3O4. The Bertz CT molecular complexity index is 1190. The number of ether oxygens (including phenoxy) is 1. The molecule has 1 amide bonds. The fourth-order valence-corrected chi connectivity index (χ4v) is 3.91. The minimum atomic E-state index is -0.868. The van der Waals surface area contributed by atoms with Crippen LogP contribution in [0.1, 0.15) is 54.9 Å². The smallest absolute Gasteiger partial charge is 0.354 e. The van der Waals surface area contributed by atoms with Crippen LogP contribution in [0.3, 0.4) is 0 Å². The minimum absolute atomic E-state index is 0.131. The molecule has 0 aliphatic carbocycles. The molecule has 7 nitrogen and oxygen atoms in total. The Morgan fingerprint density at radius 3 is 2.39 bits per heavy atom. The molecule has 0 radical (unpaired) electrons. The van der Waals surface area contributed by atoms with Crippen molar-refractivity contribution in [3.63, 3.8) is 0 Å². The Labute approximate surface area is 191 Å². The number of Topliss-reactive ketones (excluding diaryl/α,β-unsaturated/α-hetero) is 1. The van der Waals surface area contributed by atoms with E-state index in [1.807, 2.05) is 6.07 Å². The Morgan fingerprint density at radius 2 is 1.82 bits per heavy atom. The van der Waals surface area contributed by atoms with Crippen LogP contribution in [0, 0.1) is 19.7 Å². The molecule has 0 bridgehead atoms. The molecule has 33 heavy (non-hydrogen) atoms. The maximum atomic E-state index is 13.6. The predicted molar refractivity (Wildman–Crippen MR) is 121 cm³/mol. The van der Waals surface area contributed by atoms with Gasteiger partial charge in [0, 0.05) is 42.8 Å². The number of carbonyl (C=O) groups excluding carboxylic acids is 3. The van der Waals surface area contributed by atoms with Gasteiger partial charge in [0.1, 0.15) is 11.5 Å². The molecule has 0 fully saturated rings. The van der Waals surface area contributed by atoms with Crippen molar-refractivity contribution >= 4 is 17.7 Å². The number of aromatic nitrogens is 2. The van der Waals surface area contributed by atoms with Crippen LogP contribution in [0.25, 0.3) is 0 Å². The summed E-state index contributed by atoms with van der Waals surface area (Å²) in [4.78, 5) is 44.8. The zero-order chi connectivity index (χ0) is 24.3. The summed E-state index contributed by atoms with van der Waals surface area (Å²) in [5.41, 5.74) is 2.75. The van der Waals surface area contributed by atoms with E-state index in [1.165, 1.54) is 36.3 Å². The normalized spacial score (nSPS) is 11.7. The molecular weight excluding hydrogens is 425 g/mol. The van der Waals surface area contributed by atoms with Gasteiger partial charge in [0.15, 0.2) is 5.78 Å². The molecule has 1 aromatic carbocycles.